The first-order chi connectivity index (χ1) is 13.4. The number of halogens is 1. The third kappa shape index (κ3) is 6.78. The summed E-state index contributed by atoms with van der Waals surface area (Å²) in [7, 11) is 0. The molecule has 0 aliphatic carbocycles. The molecule has 0 spiro atoms. The summed E-state index contributed by atoms with van der Waals surface area (Å²) < 4.78 is 12.8. The molecule has 28 heavy (non-hydrogen) atoms. The van der Waals surface area contributed by atoms with Crippen molar-refractivity contribution < 1.29 is 14.0 Å². The van der Waals surface area contributed by atoms with E-state index in [1.54, 1.807) is 0 Å². The fourth-order valence-corrected chi connectivity index (χ4v) is 2.71. The van der Waals surface area contributed by atoms with Crippen LogP contribution in [0, 0.1) is 5.82 Å². The first-order valence-corrected chi connectivity index (χ1v) is 9.52. The Balaban J connectivity index is 1.65. The molecule has 1 unspecified atom stereocenters. The van der Waals surface area contributed by atoms with Gasteiger partial charge in [0.05, 0.1) is 0 Å². The van der Waals surface area contributed by atoms with Gasteiger partial charge >= 0.3 is 0 Å². The van der Waals surface area contributed by atoms with Crippen LogP contribution >= 0.6 is 0 Å². The summed E-state index contributed by atoms with van der Waals surface area (Å²) in [5, 5.41) is 5.54. The summed E-state index contributed by atoms with van der Waals surface area (Å²) >= 11 is 0. The number of benzene rings is 2. The summed E-state index contributed by atoms with van der Waals surface area (Å²) in [5.74, 6) is -0.312. The molecule has 6 heteroatoms. The number of carbonyl (C=O) groups excluding carboxylic acids is 2. The van der Waals surface area contributed by atoms with Gasteiger partial charge in [-0.15, -0.1) is 0 Å². The monoisotopic (exact) mass is 385 g/mol. The Morgan fingerprint density at radius 2 is 1.57 bits per heavy atom. The minimum atomic E-state index is -0.387. The zero-order valence-electron chi connectivity index (χ0n) is 16.4. The van der Waals surface area contributed by atoms with E-state index in [0.717, 1.165) is 5.56 Å². The summed E-state index contributed by atoms with van der Waals surface area (Å²) in [4.78, 5) is 23.8. The van der Waals surface area contributed by atoms with Gasteiger partial charge in [0.2, 0.25) is 5.91 Å². The Morgan fingerprint density at radius 3 is 2.18 bits per heavy atom. The van der Waals surface area contributed by atoms with Crippen molar-refractivity contribution in [3.63, 3.8) is 0 Å². The maximum Gasteiger partial charge on any atom is 0.251 e. The lowest BCUT2D eigenvalue weighted by Crippen LogP contribution is -2.32. The lowest BCUT2D eigenvalue weighted by Gasteiger charge is -2.14. The molecule has 2 aromatic rings. The van der Waals surface area contributed by atoms with Crippen molar-refractivity contribution in [2.75, 3.05) is 13.1 Å². The van der Waals surface area contributed by atoms with E-state index in [1.165, 1.54) is 29.8 Å². The smallest absolute Gasteiger partial charge is 0.251 e. The second kappa shape index (κ2) is 10.6. The molecule has 2 amide bonds. The van der Waals surface area contributed by atoms with Gasteiger partial charge in [0.15, 0.2) is 0 Å². The van der Waals surface area contributed by atoms with Gasteiger partial charge in [-0.1, -0.05) is 38.1 Å². The van der Waals surface area contributed by atoms with Gasteiger partial charge in [0.1, 0.15) is 5.82 Å². The van der Waals surface area contributed by atoms with Crippen molar-refractivity contribution in [1.29, 1.82) is 0 Å². The molecule has 2 aromatic carbocycles. The van der Waals surface area contributed by atoms with Gasteiger partial charge < -0.3 is 16.4 Å². The molecule has 0 aromatic heterocycles. The van der Waals surface area contributed by atoms with Crippen LogP contribution in [-0.2, 0) is 4.79 Å². The molecule has 0 saturated carbocycles. The highest BCUT2D eigenvalue weighted by atomic mass is 19.1. The van der Waals surface area contributed by atoms with Crippen LogP contribution < -0.4 is 16.4 Å². The molecule has 1 atom stereocenters. The second-order valence-electron chi connectivity index (χ2n) is 7.10. The zero-order valence-corrected chi connectivity index (χ0v) is 16.4. The van der Waals surface area contributed by atoms with Gasteiger partial charge in [0, 0.05) is 31.1 Å². The minimum Gasteiger partial charge on any atom is -0.354 e. The molecular formula is C22H28FN3O2. The number of carbonyl (C=O) groups is 2. The SMILES string of the molecule is CC(C)c1ccc(C(N)CNC(=O)CCCNC(=O)c2ccc(F)cc2)cc1. The molecule has 5 nitrogen and oxygen atoms in total. The molecular weight excluding hydrogens is 357 g/mol. The molecule has 0 aliphatic heterocycles. The van der Waals surface area contributed by atoms with E-state index in [1.807, 2.05) is 12.1 Å². The van der Waals surface area contributed by atoms with E-state index in [9.17, 15) is 14.0 Å². The Labute approximate surface area is 165 Å². The van der Waals surface area contributed by atoms with E-state index in [2.05, 4.69) is 36.6 Å². The van der Waals surface area contributed by atoms with Crippen molar-refractivity contribution in [3.8, 4) is 0 Å². The van der Waals surface area contributed by atoms with Gasteiger partial charge in [-0.25, -0.2) is 4.39 Å². The van der Waals surface area contributed by atoms with Crippen LogP contribution in [0.25, 0.3) is 0 Å². The molecule has 2 rings (SSSR count). The average molecular weight is 385 g/mol. The Bertz CT molecular complexity index is 773. The summed E-state index contributed by atoms with van der Waals surface area (Å²) in [6.45, 7) is 5.00. The van der Waals surface area contributed by atoms with Gasteiger partial charge in [-0.2, -0.15) is 0 Å². The van der Waals surface area contributed by atoms with Crippen LogP contribution in [0.4, 0.5) is 4.39 Å². The normalized spacial score (nSPS) is 11.9. The Morgan fingerprint density at radius 1 is 0.964 bits per heavy atom. The third-order valence-electron chi connectivity index (χ3n) is 4.52. The highest BCUT2D eigenvalue weighted by Gasteiger charge is 2.10. The number of hydrogen-bond donors (Lipinski definition) is 3. The zero-order chi connectivity index (χ0) is 20.5. The van der Waals surface area contributed by atoms with Crippen molar-refractivity contribution in [1.82, 2.24) is 10.6 Å². The maximum atomic E-state index is 12.8. The Kier molecular flexibility index (Phi) is 8.14. The quantitative estimate of drug-likeness (QED) is 0.579. The van der Waals surface area contributed by atoms with Crippen molar-refractivity contribution in [2.45, 2.75) is 38.6 Å². The predicted molar refractivity (Wildman–Crippen MR) is 108 cm³/mol. The molecule has 0 fully saturated rings. The maximum absolute atomic E-state index is 12.8. The summed E-state index contributed by atoms with van der Waals surface area (Å²) in [6, 6.07) is 13.2. The van der Waals surface area contributed by atoms with Crippen LogP contribution in [0.2, 0.25) is 0 Å². The standard InChI is InChI=1S/C22H28FN3O2/c1-15(2)16-5-7-17(8-6-16)20(24)14-26-21(27)4-3-13-25-22(28)18-9-11-19(23)12-10-18/h5-12,15,20H,3-4,13-14,24H2,1-2H3,(H,25,28)(H,26,27). The number of nitrogens with two attached hydrogens (primary N) is 1. The fourth-order valence-electron chi connectivity index (χ4n) is 2.71. The topological polar surface area (TPSA) is 84.2 Å². The first kappa shape index (κ1) is 21.6. The summed E-state index contributed by atoms with van der Waals surface area (Å²) in [5.41, 5.74) is 8.76. The molecule has 0 bridgehead atoms. The predicted octanol–water partition coefficient (Wildman–Crippen LogP) is 3.28. The van der Waals surface area contributed by atoms with Gasteiger partial charge in [0.25, 0.3) is 5.91 Å². The Hall–Kier alpha value is -2.73. The van der Waals surface area contributed by atoms with Crippen LogP contribution in [0.3, 0.4) is 0 Å². The molecule has 4 N–H and O–H groups in total. The van der Waals surface area contributed by atoms with Crippen molar-refractivity contribution >= 4 is 11.8 Å². The third-order valence-corrected chi connectivity index (χ3v) is 4.52. The van der Waals surface area contributed by atoms with E-state index in [0.29, 0.717) is 37.4 Å². The number of nitrogens with one attached hydrogen (secondary N) is 2. The lowest BCUT2D eigenvalue weighted by molar-refractivity contribution is -0.121. The van der Waals surface area contributed by atoms with Crippen LogP contribution in [0.5, 0.6) is 0 Å². The molecule has 0 heterocycles. The van der Waals surface area contributed by atoms with Gasteiger partial charge in [-0.05, 0) is 47.7 Å². The van der Waals surface area contributed by atoms with E-state index < -0.39 is 0 Å². The number of amides is 2. The van der Waals surface area contributed by atoms with Crippen LogP contribution in [0.1, 0.15) is 60.1 Å². The fraction of sp³-hybridized carbons (Fsp3) is 0.364. The number of rotatable bonds is 9. The van der Waals surface area contributed by atoms with Crippen molar-refractivity contribution in [2.24, 2.45) is 5.73 Å². The molecule has 150 valence electrons. The molecule has 0 saturated heterocycles. The van der Waals surface area contributed by atoms with Crippen LogP contribution in [0.15, 0.2) is 48.5 Å². The van der Waals surface area contributed by atoms with Crippen LogP contribution in [-0.4, -0.2) is 24.9 Å². The molecule has 0 aliphatic rings. The van der Waals surface area contributed by atoms with Crippen molar-refractivity contribution in [3.05, 3.63) is 71.0 Å². The van der Waals surface area contributed by atoms with E-state index >= 15 is 0 Å². The average Bonchev–Trinajstić information content (AvgIpc) is 2.69. The number of hydrogen-bond acceptors (Lipinski definition) is 3. The van der Waals surface area contributed by atoms with Gasteiger partial charge in [-0.3, -0.25) is 9.59 Å². The second-order valence-corrected chi connectivity index (χ2v) is 7.10. The minimum absolute atomic E-state index is 0.106. The summed E-state index contributed by atoms with van der Waals surface area (Å²) in [6.07, 6.45) is 0.805. The largest absolute Gasteiger partial charge is 0.354 e. The highest BCUT2D eigenvalue weighted by Crippen LogP contribution is 2.17. The van der Waals surface area contributed by atoms with E-state index in [4.69, 9.17) is 5.73 Å². The lowest BCUT2D eigenvalue weighted by atomic mass is 9.99. The first-order valence-electron chi connectivity index (χ1n) is 9.52. The highest BCUT2D eigenvalue weighted by molar-refractivity contribution is 5.94. The molecule has 0 radical (unpaired) electrons. The van der Waals surface area contributed by atoms with E-state index in [-0.39, 0.29) is 23.7 Å².